The average molecular weight is 249 g/mol. The van der Waals surface area contributed by atoms with Crippen molar-refractivity contribution in [2.45, 2.75) is 29.8 Å². The van der Waals surface area contributed by atoms with E-state index in [4.69, 9.17) is 0 Å². The molecule has 16 heavy (non-hydrogen) atoms. The fourth-order valence-corrected chi connectivity index (χ4v) is 1.97. The van der Waals surface area contributed by atoms with Crippen LogP contribution in [-0.2, 0) is 16.9 Å². The first kappa shape index (κ1) is 11.4. The Morgan fingerprint density at radius 1 is 1.25 bits per heavy atom. The molecule has 1 saturated carbocycles. The molecule has 2 nitrogen and oxygen atoms in total. The zero-order valence-electron chi connectivity index (χ0n) is 8.04. The second-order valence-electron chi connectivity index (χ2n) is 3.70. The van der Waals surface area contributed by atoms with E-state index in [1.165, 1.54) is 12.1 Å². The van der Waals surface area contributed by atoms with Crippen LogP contribution in [0.1, 0.15) is 29.9 Å². The van der Waals surface area contributed by atoms with E-state index in [1.54, 1.807) is 0 Å². The second-order valence-corrected chi connectivity index (χ2v) is 4.70. The highest BCUT2D eigenvalue weighted by Crippen LogP contribution is 2.45. The van der Waals surface area contributed by atoms with Gasteiger partial charge in [-0.1, -0.05) is 6.07 Å². The molecule has 1 aliphatic rings. The first-order valence-corrected chi connectivity index (χ1v) is 5.85. The van der Waals surface area contributed by atoms with Crippen LogP contribution in [0.2, 0.25) is 0 Å². The number of hydrogen-bond donors (Lipinski definition) is 1. The fourth-order valence-electron chi connectivity index (χ4n) is 1.57. The molecule has 1 radical (unpaired) electrons. The molecule has 1 aromatic carbocycles. The van der Waals surface area contributed by atoms with Crippen molar-refractivity contribution in [2.24, 2.45) is 0 Å². The molecule has 0 heterocycles. The lowest BCUT2D eigenvalue weighted by atomic mass is 10.0. The van der Waals surface area contributed by atoms with E-state index in [2.05, 4.69) is 0 Å². The van der Waals surface area contributed by atoms with Crippen molar-refractivity contribution in [3.63, 3.8) is 0 Å². The van der Waals surface area contributed by atoms with E-state index in [9.17, 15) is 21.6 Å². The topological polar surface area (TPSA) is 34.1 Å². The molecular weight excluding hydrogens is 241 g/mol. The van der Waals surface area contributed by atoms with Crippen LogP contribution in [0.15, 0.2) is 17.0 Å². The van der Waals surface area contributed by atoms with Crippen LogP contribution in [0.4, 0.5) is 13.2 Å². The maximum atomic E-state index is 12.7. The maximum absolute atomic E-state index is 12.7. The van der Waals surface area contributed by atoms with Crippen LogP contribution in [0.5, 0.6) is 0 Å². The summed E-state index contributed by atoms with van der Waals surface area (Å²) in [5.74, 6) is -0.0912. The smallest absolute Gasteiger partial charge is 0.227 e. The van der Waals surface area contributed by atoms with Crippen molar-refractivity contribution in [3.8, 4) is 0 Å². The predicted molar refractivity (Wildman–Crippen MR) is 50.8 cm³/mol. The number of benzene rings is 1. The van der Waals surface area contributed by atoms with E-state index >= 15 is 0 Å². The molecule has 0 aliphatic heterocycles. The Morgan fingerprint density at radius 3 is 2.31 bits per heavy atom. The Morgan fingerprint density at radius 2 is 1.88 bits per heavy atom. The van der Waals surface area contributed by atoms with Crippen molar-refractivity contribution < 1.29 is 21.6 Å². The highest BCUT2D eigenvalue weighted by atomic mass is 32.2. The fraction of sp³-hybridized carbons (Fsp3) is 0.400. The van der Waals surface area contributed by atoms with Gasteiger partial charge in [-0.3, -0.25) is 0 Å². The first-order valence-electron chi connectivity index (χ1n) is 4.67. The molecule has 0 spiro atoms. The van der Waals surface area contributed by atoms with Crippen molar-refractivity contribution in [2.75, 3.05) is 0 Å². The molecule has 0 amide bonds. The lowest BCUT2D eigenvalue weighted by molar-refractivity contribution is -0.138. The number of rotatable bonds is 2. The molecule has 0 bridgehead atoms. The van der Waals surface area contributed by atoms with Crippen molar-refractivity contribution in [3.05, 3.63) is 29.3 Å². The summed E-state index contributed by atoms with van der Waals surface area (Å²) >= 11 is 0. The molecule has 0 aromatic heterocycles. The van der Waals surface area contributed by atoms with E-state index in [0.717, 1.165) is 12.8 Å². The van der Waals surface area contributed by atoms with E-state index < -0.39 is 27.3 Å². The van der Waals surface area contributed by atoms with Gasteiger partial charge < -0.3 is 0 Å². The molecule has 6 heteroatoms. The van der Waals surface area contributed by atoms with Gasteiger partial charge in [-0.15, -0.1) is 0 Å². The normalized spacial score (nSPS) is 16.8. The first-order chi connectivity index (χ1) is 7.39. The predicted octanol–water partition coefficient (Wildman–Crippen LogP) is 2.35. The van der Waals surface area contributed by atoms with Gasteiger partial charge in [0.2, 0.25) is 0 Å². The molecule has 0 atom stereocenters. The lowest BCUT2D eigenvalue weighted by Gasteiger charge is -2.12. The summed E-state index contributed by atoms with van der Waals surface area (Å²) in [5, 5.41) is 0. The van der Waals surface area contributed by atoms with Gasteiger partial charge in [0.25, 0.3) is 0 Å². The van der Waals surface area contributed by atoms with Gasteiger partial charge >= 0.3 is 6.18 Å². The number of alkyl halides is 3. The molecular formula is C10H8F3O2S. The van der Waals surface area contributed by atoms with Crippen LogP contribution in [-0.4, -0.2) is 8.42 Å². The summed E-state index contributed by atoms with van der Waals surface area (Å²) in [6.45, 7) is 0. The Bertz CT molecular complexity index is 479. The Kier molecular flexibility index (Phi) is 2.69. The van der Waals surface area contributed by atoms with Crippen LogP contribution >= 0.6 is 0 Å². The van der Waals surface area contributed by atoms with Gasteiger partial charge in [-0.2, -0.15) is 13.2 Å². The Hall–Kier alpha value is -1.04. The van der Waals surface area contributed by atoms with Crippen LogP contribution < -0.4 is 0 Å². The summed E-state index contributed by atoms with van der Waals surface area (Å²) in [6.07, 6.45) is -3.10. The van der Waals surface area contributed by atoms with Gasteiger partial charge in [-0.25, -0.2) is 8.42 Å². The maximum Gasteiger partial charge on any atom is 0.417 e. The standard InChI is InChI=1S/C10H8F3O2S/c11-10(12,13)9-5-7(16(14)15)3-4-8(9)6-1-2-6/h3-4,6,16H,1-2H2. The second kappa shape index (κ2) is 3.76. The molecule has 1 fully saturated rings. The average Bonchev–Trinajstić information content (AvgIpc) is 2.98. The third kappa shape index (κ3) is 2.21. The number of hydrogen-bond acceptors (Lipinski definition) is 2. The molecule has 1 aromatic rings. The van der Waals surface area contributed by atoms with E-state index in [1.807, 2.05) is 6.07 Å². The summed E-state index contributed by atoms with van der Waals surface area (Å²) in [5.41, 5.74) is -0.778. The van der Waals surface area contributed by atoms with Gasteiger partial charge in [0.1, 0.15) is 0 Å². The largest absolute Gasteiger partial charge is 0.417 e. The van der Waals surface area contributed by atoms with Crippen LogP contribution in [0, 0.1) is 6.07 Å². The third-order valence-corrected chi connectivity index (χ3v) is 3.11. The van der Waals surface area contributed by atoms with Gasteiger partial charge in [-0.05, 0) is 30.4 Å². The monoisotopic (exact) mass is 249 g/mol. The minimum Gasteiger partial charge on any atom is -0.227 e. The zero-order chi connectivity index (χ0) is 11.9. The van der Waals surface area contributed by atoms with Crippen molar-refractivity contribution in [1.82, 2.24) is 0 Å². The van der Waals surface area contributed by atoms with Crippen LogP contribution in [0.3, 0.4) is 0 Å². The Balaban J connectivity index is 2.55. The zero-order valence-corrected chi connectivity index (χ0v) is 8.94. The van der Waals surface area contributed by atoms with Gasteiger partial charge in [0.05, 0.1) is 10.5 Å². The summed E-state index contributed by atoms with van der Waals surface area (Å²) in [6, 6.07) is 4.38. The lowest BCUT2D eigenvalue weighted by Crippen LogP contribution is -2.09. The summed E-state index contributed by atoms with van der Waals surface area (Å²) in [4.78, 5) is -0.410. The molecule has 0 unspecified atom stereocenters. The number of thiol groups is 1. The van der Waals surface area contributed by atoms with Crippen molar-refractivity contribution >= 4 is 10.7 Å². The highest BCUT2D eigenvalue weighted by Gasteiger charge is 2.38. The summed E-state index contributed by atoms with van der Waals surface area (Å²) < 4.78 is 59.2. The molecule has 0 N–H and O–H groups in total. The van der Waals surface area contributed by atoms with E-state index in [-0.39, 0.29) is 11.5 Å². The van der Waals surface area contributed by atoms with Gasteiger partial charge in [0.15, 0.2) is 10.7 Å². The van der Waals surface area contributed by atoms with Gasteiger partial charge in [0, 0.05) is 6.07 Å². The summed E-state index contributed by atoms with van der Waals surface area (Å²) in [7, 11) is -3.03. The van der Waals surface area contributed by atoms with E-state index in [0.29, 0.717) is 0 Å². The molecule has 0 saturated heterocycles. The SMILES string of the molecule is O=[SH](=O)c1[c]c(C(F)(F)F)c(C2CC2)cc1. The molecule has 87 valence electrons. The quantitative estimate of drug-likeness (QED) is 0.816. The molecule has 1 aliphatic carbocycles. The minimum absolute atomic E-state index is 0.0912. The highest BCUT2D eigenvalue weighted by molar-refractivity contribution is 7.72. The van der Waals surface area contributed by atoms with Crippen LogP contribution in [0.25, 0.3) is 0 Å². The van der Waals surface area contributed by atoms with Crippen molar-refractivity contribution in [1.29, 1.82) is 0 Å². The molecule has 2 rings (SSSR count). The minimum atomic E-state index is -4.54. The Labute approximate surface area is 92.0 Å². The third-order valence-electron chi connectivity index (χ3n) is 2.46. The number of halogens is 3.